The number of carbonyl (C=O) groups excluding carboxylic acids is 1. The summed E-state index contributed by atoms with van der Waals surface area (Å²) in [4.78, 5) is 13.8. The van der Waals surface area contributed by atoms with E-state index in [0.717, 1.165) is 6.42 Å². The molecule has 1 rings (SSSR count). The van der Waals surface area contributed by atoms with Crippen LogP contribution in [0.15, 0.2) is 0 Å². The zero-order valence-electron chi connectivity index (χ0n) is 10.0. The minimum atomic E-state index is 0.133. The zero-order chi connectivity index (χ0) is 11.3. The molecule has 0 aliphatic heterocycles. The fourth-order valence-corrected chi connectivity index (χ4v) is 2.20. The smallest absolute Gasteiger partial charge is 0.222 e. The summed E-state index contributed by atoms with van der Waals surface area (Å²) in [5, 5.41) is 0. The Morgan fingerprint density at radius 3 is 2.53 bits per heavy atom. The van der Waals surface area contributed by atoms with E-state index >= 15 is 0 Å². The van der Waals surface area contributed by atoms with Crippen LogP contribution in [0, 0.1) is 0 Å². The molecule has 3 heteroatoms. The third-order valence-electron chi connectivity index (χ3n) is 3.33. The van der Waals surface area contributed by atoms with E-state index in [2.05, 4.69) is 0 Å². The minimum Gasteiger partial charge on any atom is -0.343 e. The van der Waals surface area contributed by atoms with Gasteiger partial charge in [-0.05, 0) is 26.2 Å². The first kappa shape index (κ1) is 12.5. The number of carbonyl (C=O) groups is 1. The second-order valence-corrected chi connectivity index (χ2v) is 4.81. The third kappa shape index (κ3) is 4.20. The second kappa shape index (κ2) is 6.11. The maximum atomic E-state index is 11.8. The quantitative estimate of drug-likeness (QED) is 0.773. The van der Waals surface area contributed by atoms with Gasteiger partial charge in [-0.1, -0.05) is 19.3 Å². The Kier molecular flexibility index (Phi) is 5.09. The molecule has 1 aliphatic rings. The molecule has 1 amide bonds. The van der Waals surface area contributed by atoms with E-state index in [9.17, 15) is 4.79 Å². The van der Waals surface area contributed by atoms with Crippen molar-refractivity contribution in [1.82, 2.24) is 4.90 Å². The molecule has 2 N–H and O–H groups in total. The Hall–Kier alpha value is -0.570. The third-order valence-corrected chi connectivity index (χ3v) is 3.33. The zero-order valence-corrected chi connectivity index (χ0v) is 10.0. The average molecular weight is 212 g/mol. The molecule has 0 aromatic heterocycles. The van der Waals surface area contributed by atoms with Gasteiger partial charge in [-0.15, -0.1) is 0 Å². The van der Waals surface area contributed by atoms with Crippen molar-refractivity contribution < 1.29 is 4.79 Å². The van der Waals surface area contributed by atoms with Crippen molar-refractivity contribution in [3.63, 3.8) is 0 Å². The Bertz CT molecular complexity index is 198. The van der Waals surface area contributed by atoms with E-state index < -0.39 is 0 Å². The number of hydrogen-bond donors (Lipinski definition) is 1. The van der Waals surface area contributed by atoms with E-state index in [4.69, 9.17) is 5.73 Å². The summed E-state index contributed by atoms with van der Waals surface area (Å²) in [6, 6.07) is 0.619. The predicted octanol–water partition coefficient (Wildman–Crippen LogP) is 1.90. The van der Waals surface area contributed by atoms with Crippen LogP contribution in [0.2, 0.25) is 0 Å². The van der Waals surface area contributed by atoms with Gasteiger partial charge in [0.15, 0.2) is 0 Å². The number of amides is 1. The molecule has 0 saturated heterocycles. The van der Waals surface area contributed by atoms with Crippen LogP contribution in [0.1, 0.15) is 51.9 Å². The highest BCUT2D eigenvalue weighted by molar-refractivity contribution is 5.76. The fraction of sp³-hybridized carbons (Fsp3) is 0.917. The maximum Gasteiger partial charge on any atom is 0.222 e. The van der Waals surface area contributed by atoms with E-state index in [-0.39, 0.29) is 11.9 Å². The highest BCUT2D eigenvalue weighted by Gasteiger charge is 2.21. The summed E-state index contributed by atoms with van der Waals surface area (Å²) in [6.07, 6.45) is 7.64. The van der Waals surface area contributed by atoms with Crippen LogP contribution in [0.4, 0.5) is 0 Å². The lowest BCUT2D eigenvalue weighted by molar-refractivity contribution is -0.132. The number of hydrogen-bond acceptors (Lipinski definition) is 2. The van der Waals surface area contributed by atoms with E-state index in [1.54, 1.807) is 0 Å². The fourth-order valence-electron chi connectivity index (χ4n) is 2.20. The summed E-state index contributed by atoms with van der Waals surface area (Å²) < 4.78 is 0. The lowest BCUT2D eigenvalue weighted by Gasteiger charge is -2.31. The highest BCUT2D eigenvalue weighted by Crippen LogP contribution is 2.22. The van der Waals surface area contributed by atoms with Gasteiger partial charge in [0.05, 0.1) is 0 Å². The molecule has 88 valence electrons. The van der Waals surface area contributed by atoms with Crippen LogP contribution >= 0.6 is 0 Å². The van der Waals surface area contributed by atoms with Gasteiger partial charge in [-0.2, -0.15) is 0 Å². The van der Waals surface area contributed by atoms with Crippen molar-refractivity contribution in [2.24, 2.45) is 5.73 Å². The molecule has 3 nitrogen and oxygen atoms in total. The van der Waals surface area contributed by atoms with E-state index in [0.29, 0.717) is 12.5 Å². The van der Waals surface area contributed by atoms with Crippen LogP contribution in [0.3, 0.4) is 0 Å². The summed E-state index contributed by atoms with van der Waals surface area (Å²) in [5.74, 6) is 0.263. The molecule has 0 radical (unpaired) electrons. The first-order valence-corrected chi connectivity index (χ1v) is 6.12. The number of nitrogens with two attached hydrogens (primary N) is 1. The molecule has 15 heavy (non-hydrogen) atoms. The Balaban J connectivity index is 2.30. The van der Waals surface area contributed by atoms with Crippen molar-refractivity contribution in [1.29, 1.82) is 0 Å². The van der Waals surface area contributed by atoms with E-state index in [1.807, 2.05) is 18.9 Å². The minimum absolute atomic E-state index is 0.133. The molecule has 1 saturated carbocycles. The van der Waals surface area contributed by atoms with Crippen molar-refractivity contribution >= 4 is 5.91 Å². The molecule has 0 heterocycles. The van der Waals surface area contributed by atoms with Crippen LogP contribution < -0.4 is 5.73 Å². The van der Waals surface area contributed by atoms with Crippen molar-refractivity contribution in [3.05, 3.63) is 0 Å². The van der Waals surface area contributed by atoms with Crippen LogP contribution in [0.25, 0.3) is 0 Å². The standard InChI is InChI=1S/C12H24N2O/c1-10(13)8-9-12(15)14(2)11-6-4-3-5-7-11/h10-11H,3-9,13H2,1-2H3. The molecule has 1 fully saturated rings. The van der Waals surface area contributed by atoms with E-state index in [1.165, 1.54) is 32.1 Å². The Morgan fingerprint density at radius 1 is 1.40 bits per heavy atom. The Labute approximate surface area is 93.0 Å². The van der Waals surface area contributed by atoms with Gasteiger partial charge in [0.2, 0.25) is 5.91 Å². The molecule has 0 bridgehead atoms. The van der Waals surface area contributed by atoms with Gasteiger partial charge in [-0.25, -0.2) is 0 Å². The van der Waals surface area contributed by atoms with Crippen molar-refractivity contribution in [2.75, 3.05) is 7.05 Å². The summed E-state index contributed by atoms with van der Waals surface area (Å²) in [5.41, 5.74) is 5.65. The SMILES string of the molecule is CC(N)CCC(=O)N(C)C1CCCCC1. The molecule has 1 atom stereocenters. The van der Waals surface area contributed by atoms with Gasteiger partial charge < -0.3 is 10.6 Å². The van der Waals surface area contributed by atoms with Gasteiger partial charge >= 0.3 is 0 Å². The van der Waals surface area contributed by atoms with Crippen LogP contribution in [-0.4, -0.2) is 29.9 Å². The molecular formula is C12H24N2O. The molecule has 0 aromatic rings. The van der Waals surface area contributed by atoms with Crippen LogP contribution in [-0.2, 0) is 4.79 Å². The summed E-state index contributed by atoms with van der Waals surface area (Å²) in [7, 11) is 1.94. The number of rotatable bonds is 4. The molecular weight excluding hydrogens is 188 g/mol. The van der Waals surface area contributed by atoms with Crippen molar-refractivity contribution in [2.45, 2.75) is 64.0 Å². The lowest BCUT2D eigenvalue weighted by atomic mass is 9.94. The maximum absolute atomic E-state index is 11.8. The van der Waals surface area contributed by atoms with Gasteiger partial charge in [0, 0.05) is 25.6 Å². The molecule has 1 unspecified atom stereocenters. The van der Waals surface area contributed by atoms with Crippen LogP contribution in [0.5, 0.6) is 0 Å². The first-order valence-electron chi connectivity index (χ1n) is 6.12. The Morgan fingerprint density at radius 2 is 2.00 bits per heavy atom. The van der Waals surface area contributed by atoms with Crippen molar-refractivity contribution in [3.8, 4) is 0 Å². The van der Waals surface area contributed by atoms with Gasteiger partial charge in [0.25, 0.3) is 0 Å². The second-order valence-electron chi connectivity index (χ2n) is 4.81. The monoisotopic (exact) mass is 212 g/mol. The first-order chi connectivity index (χ1) is 7.11. The van der Waals surface area contributed by atoms with Gasteiger partial charge in [-0.3, -0.25) is 4.79 Å². The number of nitrogens with zero attached hydrogens (tertiary/aromatic N) is 1. The largest absolute Gasteiger partial charge is 0.343 e. The lowest BCUT2D eigenvalue weighted by Crippen LogP contribution is -2.38. The highest BCUT2D eigenvalue weighted by atomic mass is 16.2. The topological polar surface area (TPSA) is 46.3 Å². The normalized spacial score (nSPS) is 19.9. The molecule has 1 aliphatic carbocycles. The molecule has 0 spiro atoms. The summed E-state index contributed by atoms with van der Waals surface area (Å²) >= 11 is 0. The average Bonchev–Trinajstić information content (AvgIpc) is 2.26. The summed E-state index contributed by atoms with van der Waals surface area (Å²) in [6.45, 7) is 1.95. The molecule has 0 aromatic carbocycles. The predicted molar refractivity (Wildman–Crippen MR) is 62.5 cm³/mol. The van der Waals surface area contributed by atoms with Gasteiger partial charge in [0.1, 0.15) is 0 Å².